The molecule has 1 amide bonds. The lowest BCUT2D eigenvalue weighted by Gasteiger charge is -2.42. The van der Waals surface area contributed by atoms with E-state index in [1.54, 1.807) is 0 Å². The Hall–Kier alpha value is -1.59. The smallest absolute Gasteiger partial charge is 0.260 e. The van der Waals surface area contributed by atoms with Crippen LogP contribution in [-0.4, -0.2) is 79.1 Å². The summed E-state index contributed by atoms with van der Waals surface area (Å²) in [6, 6.07) is 8.49. The number of benzene rings is 1. The fourth-order valence-corrected chi connectivity index (χ4v) is 3.80. The third-order valence-electron chi connectivity index (χ3n) is 5.57. The van der Waals surface area contributed by atoms with E-state index in [0.29, 0.717) is 6.04 Å². The third kappa shape index (κ3) is 4.95. The van der Waals surface area contributed by atoms with Gasteiger partial charge in [-0.1, -0.05) is 24.6 Å². The average molecular weight is 345 g/mol. The zero-order chi connectivity index (χ0) is 17.6. The number of likely N-dealkylation sites (N-methyl/N-ethyl adjacent to an activating group) is 1. The molecule has 2 aliphatic heterocycles. The van der Waals surface area contributed by atoms with Gasteiger partial charge in [0.05, 0.1) is 0 Å². The number of hydrogen-bond acceptors (Lipinski definition) is 4. The number of ether oxygens (including phenoxy) is 1. The van der Waals surface area contributed by atoms with Crippen molar-refractivity contribution in [3.63, 3.8) is 0 Å². The predicted octanol–water partition coefficient (Wildman–Crippen LogP) is 2.00. The number of carbonyl (C=O) groups is 1. The van der Waals surface area contributed by atoms with E-state index in [1.807, 2.05) is 36.1 Å². The van der Waals surface area contributed by atoms with E-state index in [9.17, 15) is 4.79 Å². The fourth-order valence-electron chi connectivity index (χ4n) is 3.80. The molecular weight excluding hydrogens is 314 g/mol. The summed E-state index contributed by atoms with van der Waals surface area (Å²) in [6.07, 6.45) is 2.17. The molecule has 5 nitrogen and oxygen atoms in total. The number of amides is 1. The highest BCUT2D eigenvalue weighted by molar-refractivity contribution is 5.77. The van der Waals surface area contributed by atoms with Crippen LogP contribution in [0.5, 0.6) is 5.75 Å². The van der Waals surface area contributed by atoms with Gasteiger partial charge in [0.2, 0.25) is 0 Å². The molecule has 5 heteroatoms. The normalized spacial score (nSPS) is 20.6. The molecule has 0 bridgehead atoms. The molecule has 0 atom stereocenters. The standard InChI is InChI=1S/C20H31N3O2/c1-3-21-12-14-22(15-13-21)18-8-10-23(11-9-18)20(24)16-25-19-6-4-17(2)5-7-19/h4-7,18H,3,8-16H2,1-2H3. The van der Waals surface area contributed by atoms with Crippen molar-refractivity contribution < 1.29 is 9.53 Å². The molecule has 0 spiro atoms. The Kier molecular flexibility index (Phi) is 6.32. The Labute approximate surface area is 151 Å². The highest BCUT2D eigenvalue weighted by atomic mass is 16.5. The highest BCUT2D eigenvalue weighted by Gasteiger charge is 2.28. The van der Waals surface area contributed by atoms with E-state index in [4.69, 9.17) is 4.74 Å². The number of carbonyl (C=O) groups excluding carboxylic acids is 1. The minimum Gasteiger partial charge on any atom is -0.484 e. The molecule has 0 unspecified atom stereocenters. The van der Waals surface area contributed by atoms with Gasteiger partial charge >= 0.3 is 0 Å². The van der Waals surface area contributed by atoms with Gasteiger partial charge in [0.1, 0.15) is 5.75 Å². The van der Waals surface area contributed by atoms with E-state index in [1.165, 1.54) is 31.7 Å². The molecule has 2 aliphatic rings. The summed E-state index contributed by atoms with van der Waals surface area (Å²) < 4.78 is 5.64. The Morgan fingerprint density at radius 2 is 1.68 bits per heavy atom. The summed E-state index contributed by atoms with van der Waals surface area (Å²) in [4.78, 5) is 19.5. The molecule has 138 valence electrons. The van der Waals surface area contributed by atoms with Crippen LogP contribution in [0.15, 0.2) is 24.3 Å². The van der Waals surface area contributed by atoms with Crippen molar-refractivity contribution in [1.29, 1.82) is 0 Å². The van der Waals surface area contributed by atoms with Crippen molar-refractivity contribution in [2.75, 3.05) is 52.4 Å². The monoisotopic (exact) mass is 345 g/mol. The van der Waals surface area contributed by atoms with E-state index in [-0.39, 0.29) is 12.5 Å². The SMILES string of the molecule is CCN1CCN(C2CCN(C(=O)COc3ccc(C)cc3)CC2)CC1. The number of aryl methyl sites for hydroxylation is 1. The van der Waals surface area contributed by atoms with Crippen molar-refractivity contribution in [2.24, 2.45) is 0 Å². The van der Waals surface area contributed by atoms with Crippen LogP contribution in [0.2, 0.25) is 0 Å². The van der Waals surface area contributed by atoms with Gasteiger partial charge in [-0.25, -0.2) is 0 Å². The molecule has 25 heavy (non-hydrogen) atoms. The van der Waals surface area contributed by atoms with Crippen molar-refractivity contribution in [3.8, 4) is 5.75 Å². The third-order valence-corrected chi connectivity index (χ3v) is 5.57. The van der Waals surface area contributed by atoms with Gasteiger partial charge in [-0.05, 0) is 38.4 Å². The van der Waals surface area contributed by atoms with Crippen LogP contribution in [-0.2, 0) is 4.79 Å². The molecule has 2 saturated heterocycles. The largest absolute Gasteiger partial charge is 0.484 e. The molecule has 2 fully saturated rings. The summed E-state index contributed by atoms with van der Waals surface area (Å²) in [5.41, 5.74) is 1.19. The number of piperazine rings is 1. The Balaban J connectivity index is 1.39. The summed E-state index contributed by atoms with van der Waals surface area (Å²) in [5, 5.41) is 0. The lowest BCUT2D eigenvalue weighted by atomic mass is 10.0. The van der Waals surface area contributed by atoms with E-state index in [0.717, 1.165) is 38.2 Å². The van der Waals surface area contributed by atoms with Crippen LogP contribution in [0.3, 0.4) is 0 Å². The number of rotatable bonds is 5. The van der Waals surface area contributed by atoms with Gasteiger partial charge in [0, 0.05) is 45.3 Å². The first kappa shape index (κ1) is 18.2. The lowest BCUT2D eigenvalue weighted by Crippen LogP contribution is -2.54. The second kappa shape index (κ2) is 8.68. The van der Waals surface area contributed by atoms with Gasteiger partial charge in [0.25, 0.3) is 5.91 Å². The average Bonchev–Trinajstić information content (AvgIpc) is 2.67. The van der Waals surface area contributed by atoms with Crippen LogP contribution in [0.25, 0.3) is 0 Å². The Morgan fingerprint density at radius 1 is 1.04 bits per heavy atom. The maximum Gasteiger partial charge on any atom is 0.260 e. The predicted molar refractivity (Wildman–Crippen MR) is 100.0 cm³/mol. The Morgan fingerprint density at radius 3 is 2.28 bits per heavy atom. The lowest BCUT2D eigenvalue weighted by molar-refractivity contribution is -0.135. The molecule has 0 radical (unpaired) electrons. The fraction of sp³-hybridized carbons (Fsp3) is 0.650. The zero-order valence-electron chi connectivity index (χ0n) is 15.6. The number of likely N-dealkylation sites (tertiary alicyclic amines) is 1. The van der Waals surface area contributed by atoms with Gasteiger partial charge in [-0.15, -0.1) is 0 Å². The summed E-state index contributed by atoms with van der Waals surface area (Å²) in [6.45, 7) is 12.0. The second-order valence-electron chi connectivity index (χ2n) is 7.18. The molecule has 3 rings (SSSR count). The molecule has 0 aliphatic carbocycles. The van der Waals surface area contributed by atoms with Gasteiger partial charge in [-0.3, -0.25) is 9.69 Å². The quantitative estimate of drug-likeness (QED) is 0.818. The minimum atomic E-state index is 0.106. The first-order valence-electron chi connectivity index (χ1n) is 9.59. The van der Waals surface area contributed by atoms with Crippen molar-refractivity contribution in [1.82, 2.24) is 14.7 Å². The van der Waals surface area contributed by atoms with Crippen LogP contribution < -0.4 is 4.74 Å². The van der Waals surface area contributed by atoms with Gasteiger partial charge in [-0.2, -0.15) is 0 Å². The van der Waals surface area contributed by atoms with E-state index in [2.05, 4.69) is 16.7 Å². The second-order valence-corrected chi connectivity index (χ2v) is 7.18. The number of nitrogens with zero attached hydrogens (tertiary/aromatic N) is 3. The van der Waals surface area contributed by atoms with Crippen molar-refractivity contribution >= 4 is 5.91 Å². The number of piperidine rings is 1. The van der Waals surface area contributed by atoms with Crippen LogP contribution in [0.4, 0.5) is 0 Å². The summed E-state index contributed by atoms with van der Waals surface area (Å²) in [7, 11) is 0. The topological polar surface area (TPSA) is 36.0 Å². The summed E-state index contributed by atoms with van der Waals surface area (Å²) in [5.74, 6) is 0.873. The molecule has 1 aromatic rings. The number of hydrogen-bond donors (Lipinski definition) is 0. The minimum absolute atomic E-state index is 0.106. The van der Waals surface area contributed by atoms with Crippen LogP contribution in [0, 0.1) is 6.92 Å². The first-order valence-corrected chi connectivity index (χ1v) is 9.59. The van der Waals surface area contributed by atoms with Crippen LogP contribution in [0.1, 0.15) is 25.3 Å². The molecule has 1 aromatic carbocycles. The molecule has 0 aromatic heterocycles. The molecular formula is C20H31N3O2. The highest BCUT2D eigenvalue weighted by Crippen LogP contribution is 2.19. The Bertz CT molecular complexity index is 545. The van der Waals surface area contributed by atoms with E-state index >= 15 is 0 Å². The molecule has 0 N–H and O–H groups in total. The van der Waals surface area contributed by atoms with Crippen molar-refractivity contribution in [3.05, 3.63) is 29.8 Å². The van der Waals surface area contributed by atoms with E-state index < -0.39 is 0 Å². The maximum atomic E-state index is 12.4. The van der Waals surface area contributed by atoms with Gasteiger partial charge < -0.3 is 14.5 Å². The molecule has 2 heterocycles. The first-order chi connectivity index (χ1) is 12.2. The maximum absolute atomic E-state index is 12.4. The molecule has 0 saturated carbocycles. The van der Waals surface area contributed by atoms with Gasteiger partial charge in [0.15, 0.2) is 6.61 Å². The van der Waals surface area contributed by atoms with Crippen molar-refractivity contribution in [2.45, 2.75) is 32.7 Å². The summed E-state index contributed by atoms with van der Waals surface area (Å²) >= 11 is 0. The van der Waals surface area contributed by atoms with Crippen LogP contribution >= 0.6 is 0 Å². The zero-order valence-corrected chi connectivity index (χ0v) is 15.6.